The van der Waals surface area contributed by atoms with Crippen molar-refractivity contribution in [3.63, 3.8) is 0 Å². The third-order valence-electron chi connectivity index (χ3n) is 5.36. The normalized spacial score (nSPS) is 13.0. The van der Waals surface area contributed by atoms with Crippen LogP contribution in [-0.4, -0.2) is 39.1 Å². The molecular weight excluding hydrogens is 424 g/mol. The fourth-order valence-electron chi connectivity index (χ4n) is 3.71. The number of hydrogen-bond donors (Lipinski definition) is 0. The molecule has 0 saturated carbocycles. The van der Waals surface area contributed by atoms with Crippen LogP contribution in [0.5, 0.6) is 0 Å². The Kier molecular flexibility index (Phi) is 4.99. The van der Waals surface area contributed by atoms with Crippen LogP contribution in [-0.2, 0) is 11.3 Å². The van der Waals surface area contributed by atoms with E-state index in [1.54, 1.807) is 36.5 Å². The van der Waals surface area contributed by atoms with Gasteiger partial charge in [-0.3, -0.25) is 29.2 Å². The number of hydrogen-bond acceptors (Lipinski definition) is 6. The second-order valence-corrected chi connectivity index (χ2v) is 8.47. The highest BCUT2D eigenvalue weighted by molar-refractivity contribution is 7.22. The molecule has 2 aromatic heterocycles. The van der Waals surface area contributed by atoms with E-state index in [4.69, 9.17) is 0 Å². The lowest BCUT2D eigenvalue weighted by Gasteiger charge is -2.22. The summed E-state index contributed by atoms with van der Waals surface area (Å²) < 4.78 is 0.958. The molecule has 0 radical (unpaired) electrons. The zero-order chi connectivity index (χ0) is 22.2. The van der Waals surface area contributed by atoms with Crippen molar-refractivity contribution < 1.29 is 14.4 Å². The summed E-state index contributed by atoms with van der Waals surface area (Å²) >= 11 is 1.39. The molecule has 32 heavy (non-hydrogen) atoms. The Hall–Kier alpha value is -3.91. The number of aryl methyl sites for hydroxylation is 1. The van der Waals surface area contributed by atoms with E-state index >= 15 is 0 Å². The minimum Gasteiger partial charge on any atom is -0.280 e. The van der Waals surface area contributed by atoms with Gasteiger partial charge >= 0.3 is 0 Å². The Bertz CT molecular complexity index is 1330. The third-order valence-corrected chi connectivity index (χ3v) is 6.40. The summed E-state index contributed by atoms with van der Waals surface area (Å²) in [4.78, 5) is 50.4. The van der Waals surface area contributed by atoms with Crippen LogP contribution in [0.25, 0.3) is 10.2 Å². The molecule has 0 N–H and O–H groups in total. The summed E-state index contributed by atoms with van der Waals surface area (Å²) in [5.74, 6) is -1.32. The first-order valence-corrected chi connectivity index (χ1v) is 10.9. The van der Waals surface area contributed by atoms with Gasteiger partial charge in [0.25, 0.3) is 11.8 Å². The van der Waals surface area contributed by atoms with Gasteiger partial charge in [-0.15, -0.1) is 0 Å². The van der Waals surface area contributed by atoms with Crippen LogP contribution in [0.4, 0.5) is 5.13 Å². The number of nitrogens with zero attached hydrogens (tertiary/aromatic N) is 4. The zero-order valence-electron chi connectivity index (χ0n) is 17.2. The smallest absolute Gasteiger partial charge is 0.262 e. The highest BCUT2D eigenvalue weighted by Gasteiger charge is 2.37. The minimum atomic E-state index is -0.461. The van der Waals surface area contributed by atoms with Crippen LogP contribution in [0, 0.1) is 6.92 Å². The lowest BCUT2D eigenvalue weighted by atomic mass is 10.1. The van der Waals surface area contributed by atoms with Gasteiger partial charge in [-0.2, -0.15) is 0 Å². The van der Waals surface area contributed by atoms with Gasteiger partial charge in [0.2, 0.25) is 5.91 Å². The summed E-state index contributed by atoms with van der Waals surface area (Å²) in [5, 5.41) is 0.501. The molecule has 1 aliphatic rings. The molecule has 5 rings (SSSR count). The number of thiazole rings is 1. The van der Waals surface area contributed by atoms with Crippen molar-refractivity contribution in [3.05, 3.63) is 89.2 Å². The Morgan fingerprint density at radius 1 is 0.969 bits per heavy atom. The van der Waals surface area contributed by atoms with E-state index in [0.717, 1.165) is 20.7 Å². The number of aromatic nitrogens is 2. The van der Waals surface area contributed by atoms with E-state index < -0.39 is 17.7 Å². The van der Waals surface area contributed by atoms with Crippen LogP contribution in [0.15, 0.2) is 66.9 Å². The monoisotopic (exact) mass is 442 g/mol. The van der Waals surface area contributed by atoms with E-state index in [2.05, 4.69) is 9.97 Å². The predicted molar refractivity (Wildman–Crippen MR) is 122 cm³/mol. The number of amides is 3. The summed E-state index contributed by atoms with van der Waals surface area (Å²) in [6, 6.07) is 17.9. The topological polar surface area (TPSA) is 83.5 Å². The average Bonchev–Trinajstić information content (AvgIpc) is 3.35. The maximum atomic E-state index is 13.4. The van der Waals surface area contributed by atoms with E-state index in [9.17, 15) is 14.4 Å². The Morgan fingerprint density at radius 3 is 2.34 bits per heavy atom. The molecule has 0 unspecified atom stereocenters. The summed E-state index contributed by atoms with van der Waals surface area (Å²) in [5.41, 5.74) is 3.15. The van der Waals surface area contributed by atoms with Gasteiger partial charge < -0.3 is 0 Å². The molecule has 0 aliphatic carbocycles. The van der Waals surface area contributed by atoms with Crippen molar-refractivity contribution >= 4 is 44.4 Å². The van der Waals surface area contributed by atoms with E-state index in [-0.39, 0.29) is 13.1 Å². The molecule has 0 spiro atoms. The average molecular weight is 443 g/mol. The van der Waals surface area contributed by atoms with Crippen LogP contribution in [0.2, 0.25) is 0 Å². The van der Waals surface area contributed by atoms with Gasteiger partial charge in [0, 0.05) is 6.20 Å². The molecule has 2 aromatic carbocycles. The lowest BCUT2D eigenvalue weighted by Crippen LogP contribution is -2.42. The second kappa shape index (κ2) is 7.97. The van der Waals surface area contributed by atoms with Crippen LogP contribution in [0.1, 0.15) is 32.0 Å². The largest absolute Gasteiger partial charge is 0.280 e. The fourth-order valence-corrected chi connectivity index (χ4v) is 4.77. The van der Waals surface area contributed by atoms with Gasteiger partial charge in [0.1, 0.15) is 6.54 Å². The molecule has 1 aliphatic heterocycles. The van der Waals surface area contributed by atoms with Crippen molar-refractivity contribution in [2.24, 2.45) is 0 Å². The number of pyridine rings is 1. The van der Waals surface area contributed by atoms with E-state index in [0.29, 0.717) is 22.0 Å². The molecule has 3 amide bonds. The second-order valence-electron chi connectivity index (χ2n) is 7.46. The maximum Gasteiger partial charge on any atom is 0.262 e. The molecule has 7 nitrogen and oxygen atoms in total. The number of para-hydroxylation sites is 1. The van der Waals surface area contributed by atoms with Gasteiger partial charge in [0.05, 0.1) is 33.6 Å². The van der Waals surface area contributed by atoms with Gasteiger partial charge in [0.15, 0.2) is 5.13 Å². The number of carbonyl (C=O) groups is 3. The Morgan fingerprint density at radius 2 is 1.69 bits per heavy atom. The first-order chi connectivity index (χ1) is 15.5. The molecule has 158 valence electrons. The number of carbonyl (C=O) groups excluding carboxylic acids is 3. The van der Waals surface area contributed by atoms with Crippen LogP contribution < -0.4 is 4.90 Å². The minimum absolute atomic E-state index is 0.182. The molecule has 0 saturated heterocycles. The Balaban J connectivity index is 1.49. The number of benzene rings is 2. The highest BCUT2D eigenvalue weighted by Crippen LogP contribution is 2.32. The number of fused-ring (bicyclic) bond motifs is 2. The highest BCUT2D eigenvalue weighted by atomic mass is 32.1. The quantitative estimate of drug-likeness (QED) is 0.439. The van der Waals surface area contributed by atoms with Gasteiger partial charge in [-0.25, -0.2) is 4.98 Å². The van der Waals surface area contributed by atoms with Crippen molar-refractivity contribution in [1.82, 2.24) is 14.9 Å². The lowest BCUT2D eigenvalue weighted by molar-refractivity contribution is -0.119. The SMILES string of the molecule is Cc1cccc2sc(N(Cc3ccccn3)C(=O)CN3C(=O)c4ccccc4C3=O)nc12. The molecule has 8 heteroatoms. The first-order valence-electron chi connectivity index (χ1n) is 10.0. The van der Waals surface area contributed by atoms with Crippen LogP contribution in [0.3, 0.4) is 0 Å². The molecule has 0 bridgehead atoms. The third kappa shape index (κ3) is 3.44. The summed E-state index contributed by atoms with van der Waals surface area (Å²) in [7, 11) is 0. The van der Waals surface area contributed by atoms with Crippen LogP contribution >= 0.6 is 11.3 Å². The number of anilines is 1. The van der Waals surface area contributed by atoms with Crippen molar-refractivity contribution in [2.45, 2.75) is 13.5 Å². The molecule has 3 heterocycles. The first kappa shape index (κ1) is 20.0. The number of imide groups is 1. The Labute approximate surface area is 187 Å². The van der Waals surface area contributed by atoms with Gasteiger partial charge in [-0.1, -0.05) is 41.7 Å². The molecule has 0 atom stereocenters. The maximum absolute atomic E-state index is 13.4. The summed E-state index contributed by atoms with van der Waals surface area (Å²) in [6.45, 7) is 1.78. The number of rotatable bonds is 5. The molecule has 0 fully saturated rings. The fraction of sp³-hybridized carbons (Fsp3) is 0.125. The zero-order valence-corrected chi connectivity index (χ0v) is 18.0. The summed E-state index contributed by atoms with van der Waals surface area (Å²) in [6.07, 6.45) is 1.66. The molecular formula is C24H18N4O3S. The van der Waals surface area contributed by atoms with E-state index in [1.807, 2.05) is 37.3 Å². The van der Waals surface area contributed by atoms with Gasteiger partial charge in [-0.05, 0) is 42.8 Å². The van der Waals surface area contributed by atoms with Crippen molar-refractivity contribution in [3.8, 4) is 0 Å². The predicted octanol–water partition coefficient (Wildman–Crippen LogP) is 3.83. The van der Waals surface area contributed by atoms with Crippen molar-refractivity contribution in [2.75, 3.05) is 11.4 Å². The van der Waals surface area contributed by atoms with E-state index in [1.165, 1.54) is 16.2 Å². The standard InChI is InChI=1S/C24H18N4O3S/c1-15-7-6-11-19-21(15)26-24(32-19)27(13-16-8-4-5-12-25-16)20(29)14-28-22(30)17-9-2-3-10-18(17)23(28)31/h2-12H,13-14H2,1H3. The van der Waals surface area contributed by atoms with Crippen molar-refractivity contribution in [1.29, 1.82) is 0 Å². The molecule has 4 aromatic rings.